The first-order valence-corrected chi connectivity index (χ1v) is 6.09. The number of anilines is 1. The quantitative estimate of drug-likeness (QED) is 0.760. The molecule has 0 unspecified atom stereocenters. The van der Waals surface area contributed by atoms with Gasteiger partial charge in [0.2, 0.25) is 0 Å². The van der Waals surface area contributed by atoms with E-state index in [0.717, 1.165) is 25.3 Å². The molecule has 1 rings (SSSR count). The number of rotatable bonds is 6. The van der Waals surface area contributed by atoms with Crippen molar-refractivity contribution in [3.63, 3.8) is 0 Å². The lowest BCUT2D eigenvalue weighted by atomic mass is 10.2. The monoisotopic (exact) mass is 250 g/mol. The highest BCUT2D eigenvalue weighted by molar-refractivity contribution is 5.93. The fraction of sp³-hybridized carbons (Fsp3) is 0.538. The van der Waals surface area contributed by atoms with Crippen LogP contribution in [-0.4, -0.2) is 57.1 Å². The Balaban J connectivity index is 2.62. The van der Waals surface area contributed by atoms with E-state index in [1.807, 2.05) is 26.2 Å². The summed E-state index contributed by atoms with van der Waals surface area (Å²) in [6.07, 6.45) is 2.69. The fourth-order valence-electron chi connectivity index (χ4n) is 1.60. The maximum Gasteiger partial charge on any atom is 0.254 e. The van der Waals surface area contributed by atoms with E-state index in [4.69, 9.17) is 0 Å². The molecule has 0 atom stereocenters. The van der Waals surface area contributed by atoms with Crippen molar-refractivity contribution in [2.24, 2.45) is 0 Å². The standard InChI is InChI=1S/C13H22N4O/c1-14-8-5-9-17(4)12-7-6-11(10-15-12)13(18)16(2)3/h6-7,10,14H,5,8-9H2,1-4H3. The summed E-state index contributed by atoms with van der Waals surface area (Å²) in [6.45, 7) is 1.93. The van der Waals surface area contributed by atoms with Gasteiger partial charge in [0.05, 0.1) is 5.56 Å². The Kier molecular flexibility index (Phi) is 5.58. The van der Waals surface area contributed by atoms with Crippen molar-refractivity contribution in [1.29, 1.82) is 0 Å². The third-order valence-corrected chi connectivity index (χ3v) is 2.71. The van der Waals surface area contributed by atoms with E-state index in [1.165, 1.54) is 0 Å². The number of carbonyl (C=O) groups is 1. The van der Waals surface area contributed by atoms with Crippen molar-refractivity contribution in [3.05, 3.63) is 23.9 Å². The summed E-state index contributed by atoms with van der Waals surface area (Å²) in [7, 11) is 7.42. The van der Waals surface area contributed by atoms with Crippen molar-refractivity contribution in [2.45, 2.75) is 6.42 Å². The van der Waals surface area contributed by atoms with Crippen LogP contribution in [0.2, 0.25) is 0 Å². The van der Waals surface area contributed by atoms with Crippen LogP contribution in [-0.2, 0) is 0 Å². The van der Waals surface area contributed by atoms with E-state index in [2.05, 4.69) is 15.2 Å². The molecule has 1 heterocycles. The van der Waals surface area contributed by atoms with Gasteiger partial charge in [-0.15, -0.1) is 0 Å². The number of amides is 1. The van der Waals surface area contributed by atoms with Crippen molar-refractivity contribution in [2.75, 3.05) is 46.2 Å². The SMILES string of the molecule is CNCCCN(C)c1ccc(C(=O)N(C)C)cn1. The summed E-state index contributed by atoms with van der Waals surface area (Å²) in [5.74, 6) is 0.869. The van der Waals surface area contributed by atoms with Crippen molar-refractivity contribution >= 4 is 11.7 Å². The molecule has 1 amide bonds. The number of aromatic nitrogens is 1. The van der Waals surface area contributed by atoms with Crippen LogP contribution in [0.5, 0.6) is 0 Å². The number of nitrogens with zero attached hydrogens (tertiary/aromatic N) is 3. The number of carbonyl (C=O) groups excluding carboxylic acids is 1. The third-order valence-electron chi connectivity index (χ3n) is 2.71. The van der Waals surface area contributed by atoms with Crippen LogP contribution in [0.25, 0.3) is 0 Å². The minimum absolute atomic E-state index is 0.0214. The van der Waals surface area contributed by atoms with Crippen LogP contribution in [0.4, 0.5) is 5.82 Å². The van der Waals surface area contributed by atoms with Gasteiger partial charge in [0.15, 0.2) is 0 Å². The average molecular weight is 250 g/mol. The molecule has 0 aromatic carbocycles. The lowest BCUT2D eigenvalue weighted by Crippen LogP contribution is -2.24. The highest BCUT2D eigenvalue weighted by atomic mass is 16.2. The lowest BCUT2D eigenvalue weighted by Gasteiger charge is -2.18. The highest BCUT2D eigenvalue weighted by Gasteiger charge is 2.09. The smallest absolute Gasteiger partial charge is 0.254 e. The zero-order valence-electron chi connectivity index (χ0n) is 11.6. The molecule has 18 heavy (non-hydrogen) atoms. The van der Waals surface area contributed by atoms with Crippen molar-refractivity contribution < 1.29 is 4.79 Å². The van der Waals surface area contributed by atoms with Gasteiger partial charge in [-0.05, 0) is 32.1 Å². The number of hydrogen-bond acceptors (Lipinski definition) is 4. The zero-order chi connectivity index (χ0) is 13.5. The summed E-state index contributed by atoms with van der Waals surface area (Å²) in [4.78, 5) is 19.7. The number of pyridine rings is 1. The molecule has 1 aromatic heterocycles. The van der Waals surface area contributed by atoms with Crippen molar-refractivity contribution in [1.82, 2.24) is 15.2 Å². The molecule has 0 fully saturated rings. The van der Waals surface area contributed by atoms with Gasteiger partial charge >= 0.3 is 0 Å². The van der Waals surface area contributed by atoms with E-state index < -0.39 is 0 Å². The zero-order valence-corrected chi connectivity index (χ0v) is 11.6. The highest BCUT2D eigenvalue weighted by Crippen LogP contribution is 2.10. The minimum atomic E-state index is -0.0214. The van der Waals surface area contributed by atoms with Crippen LogP contribution in [0.3, 0.4) is 0 Å². The molecule has 1 aromatic rings. The summed E-state index contributed by atoms with van der Waals surface area (Å²) < 4.78 is 0. The summed E-state index contributed by atoms with van der Waals surface area (Å²) in [6, 6.07) is 3.70. The molecule has 0 radical (unpaired) electrons. The normalized spacial score (nSPS) is 10.2. The summed E-state index contributed by atoms with van der Waals surface area (Å²) in [5.41, 5.74) is 0.618. The number of hydrogen-bond donors (Lipinski definition) is 1. The molecule has 5 nitrogen and oxygen atoms in total. The maximum absolute atomic E-state index is 11.7. The van der Waals surface area contributed by atoms with Gasteiger partial charge in [0.1, 0.15) is 5.82 Å². The Hall–Kier alpha value is -1.62. The Morgan fingerprint density at radius 2 is 2.06 bits per heavy atom. The third kappa shape index (κ3) is 4.00. The molecular weight excluding hydrogens is 228 g/mol. The Labute approximate surface area is 109 Å². The van der Waals surface area contributed by atoms with Gasteiger partial charge in [0, 0.05) is 33.9 Å². The maximum atomic E-state index is 11.7. The molecule has 1 N–H and O–H groups in total. The minimum Gasteiger partial charge on any atom is -0.360 e. The van der Waals surface area contributed by atoms with Gasteiger partial charge in [-0.1, -0.05) is 0 Å². The summed E-state index contributed by atoms with van der Waals surface area (Å²) >= 11 is 0. The van der Waals surface area contributed by atoms with Crippen LogP contribution < -0.4 is 10.2 Å². The molecule has 0 aliphatic heterocycles. The predicted molar refractivity (Wildman–Crippen MR) is 74.1 cm³/mol. The first-order chi connectivity index (χ1) is 8.56. The topological polar surface area (TPSA) is 48.5 Å². The van der Waals surface area contributed by atoms with E-state index in [1.54, 1.807) is 25.2 Å². The molecule has 100 valence electrons. The van der Waals surface area contributed by atoms with E-state index in [9.17, 15) is 4.79 Å². The fourth-order valence-corrected chi connectivity index (χ4v) is 1.60. The average Bonchev–Trinajstić information content (AvgIpc) is 2.38. The summed E-state index contributed by atoms with van der Waals surface area (Å²) in [5, 5.41) is 3.11. The van der Waals surface area contributed by atoms with Gasteiger partial charge in [-0.2, -0.15) is 0 Å². The van der Waals surface area contributed by atoms with E-state index in [-0.39, 0.29) is 5.91 Å². The van der Waals surface area contributed by atoms with Crippen LogP contribution in [0.1, 0.15) is 16.8 Å². The first kappa shape index (κ1) is 14.4. The van der Waals surface area contributed by atoms with E-state index in [0.29, 0.717) is 5.56 Å². The molecule has 5 heteroatoms. The molecule has 0 saturated carbocycles. The second-order valence-electron chi connectivity index (χ2n) is 4.48. The van der Waals surface area contributed by atoms with Crippen LogP contribution in [0.15, 0.2) is 18.3 Å². The largest absolute Gasteiger partial charge is 0.360 e. The predicted octanol–water partition coefficient (Wildman–Crippen LogP) is 0.829. The Bertz CT molecular complexity index is 375. The Morgan fingerprint density at radius 1 is 1.33 bits per heavy atom. The Morgan fingerprint density at radius 3 is 2.56 bits per heavy atom. The second kappa shape index (κ2) is 6.96. The first-order valence-electron chi connectivity index (χ1n) is 6.09. The van der Waals surface area contributed by atoms with Gasteiger partial charge in [-0.3, -0.25) is 4.79 Å². The molecular formula is C13H22N4O. The second-order valence-corrected chi connectivity index (χ2v) is 4.48. The molecule has 0 aliphatic rings. The molecule has 0 saturated heterocycles. The van der Waals surface area contributed by atoms with Crippen molar-refractivity contribution in [3.8, 4) is 0 Å². The molecule has 0 spiro atoms. The van der Waals surface area contributed by atoms with Crippen LogP contribution >= 0.6 is 0 Å². The molecule has 0 bridgehead atoms. The van der Waals surface area contributed by atoms with Crippen LogP contribution in [0, 0.1) is 0 Å². The molecule has 0 aliphatic carbocycles. The van der Waals surface area contributed by atoms with E-state index >= 15 is 0 Å². The van der Waals surface area contributed by atoms with Gasteiger partial charge in [0.25, 0.3) is 5.91 Å². The van der Waals surface area contributed by atoms with Gasteiger partial charge < -0.3 is 15.1 Å². The number of nitrogens with one attached hydrogen (secondary N) is 1. The van der Waals surface area contributed by atoms with Gasteiger partial charge in [-0.25, -0.2) is 4.98 Å². The lowest BCUT2D eigenvalue weighted by molar-refractivity contribution is 0.0827.